The number of carbonyl (C=O) groups is 2. The van der Waals surface area contributed by atoms with Crippen LogP contribution in [0.1, 0.15) is 18.4 Å². The number of ether oxygens (including phenoxy) is 3. The first-order valence-electron chi connectivity index (χ1n) is 7.92. The number of nitrogens with zero attached hydrogens (tertiary/aromatic N) is 1. The largest absolute Gasteiger partial charge is 0.480 e. The maximum atomic E-state index is 12.5. The lowest BCUT2D eigenvalue weighted by molar-refractivity contribution is -0.145. The summed E-state index contributed by atoms with van der Waals surface area (Å²) in [6, 6.07) is 3.24. The summed E-state index contributed by atoms with van der Waals surface area (Å²) in [5.41, 5.74) is 0.671. The lowest BCUT2D eigenvalue weighted by Crippen LogP contribution is -2.45. The van der Waals surface area contributed by atoms with E-state index in [1.807, 2.05) is 0 Å². The van der Waals surface area contributed by atoms with Crippen molar-refractivity contribution in [2.75, 3.05) is 26.6 Å². The molecule has 0 aromatic heterocycles. The van der Waals surface area contributed by atoms with Crippen molar-refractivity contribution in [2.45, 2.75) is 18.9 Å². The predicted octanol–water partition coefficient (Wildman–Crippen LogP) is 2.17. The summed E-state index contributed by atoms with van der Waals surface area (Å²) in [5.74, 6) is -0.395. The molecule has 1 N–H and O–H groups in total. The van der Waals surface area contributed by atoms with Crippen molar-refractivity contribution in [2.24, 2.45) is 0 Å². The molecule has 0 spiro atoms. The summed E-state index contributed by atoms with van der Waals surface area (Å²) in [6.07, 6.45) is 4.20. The number of carboxylic acids is 1. The highest BCUT2D eigenvalue weighted by atomic mass is 35.5. The average Bonchev–Trinajstić information content (AvgIpc) is 3.07. The van der Waals surface area contributed by atoms with Crippen LogP contribution in [0.4, 0.5) is 0 Å². The van der Waals surface area contributed by atoms with Gasteiger partial charge in [0.15, 0.2) is 11.5 Å². The summed E-state index contributed by atoms with van der Waals surface area (Å²) in [5, 5.41) is 9.49. The van der Waals surface area contributed by atoms with Crippen LogP contribution in [0.25, 0.3) is 6.08 Å². The number of hydrogen-bond donors (Lipinski definition) is 1. The van der Waals surface area contributed by atoms with Crippen LogP contribution in [0.5, 0.6) is 11.5 Å². The Bertz CT molecular complexity index is 699. The number of aliphatic carboxylic acids is 1. The van der Waals surface area contributed by atoms with E-state index in [2.05, 4.69) is 0 Å². The van der Waals surface area contributed by atoms with Crippen molar-refractivity contribution >= 4 is 29.6 Å². The third-order valence-corrected chi connectivity index (χ3v) is 4.37. The fourth-order valence-electron chi connectivity index (χ4n) is 2.88. The van der Waals surface area contributed by atoms with Crippen molar-refractivity contribution in [1.29, 1.82) is 0 Å². The van der Waals surface area contributed by atoms with Gasteiger partial charge in [0.2, 0.25) is 12.7 Å². The second kappa shape index (κ2) is 7.76. The Kier molecular flexibility index (Phi) is 5.45. The molecular formula is C17H18ClNO6. The maximum Gasteiger partial charge on any atom is 0.323 e. The number of rotatable bonds is 5. The summed E-state index contributed by atoms with van der Waals surface area (Å²) < 4.78 is 15.8. The highest BCUT2D eigenvalue weighted by molar-refractivity contribution is 6.32. The van der Waals surface area contributed by atoms with Crippen LogP contribution in [0.15, 0.2) is 18.2 Å². The van der Waals surface area contributed by atoms with Crippen molar-refractivity contribution in [1.82, 2.24) is 4.90 Å². The zero-order valence-corrected chi connectivity index (χ0v) is 14.2. The highest BCUT2D eigenvalue weighted by Gasteiger charge is 2.26. The number of carboxylic acid groups (broad SMARTS) is 1. The van der Waals surface area contributed by atoms with E-state index in [1.165, 1.54) is 11.0 Å². The molecule has 134 valence electrons. The van der Waals surface area contributed by atoms with E-state index < -0.39 is 5.97 Å². The highest BCUT2D eigenvalue weighted by Crippen LogP contribution is 2.40. The molecule has 3 rings (SSSR count). The predicted molar refractivity (Wildman–Crippen MR) is 89.8 cm³/mol. The molecule has 7 nitrogen and oxygen atoms in total. The van der Waals surface area contributed by atoms with Crippen LogP contribution < -0.4 is 9.47 Å². The van der Waals surface area contributed by atoms with E-state index in [9.17, 15) is 9.59 Å². The minimum atomic E-state index is -1.04. The van der Waals surface area contributed by atoms with Gasteiger partial charge < -0.3 is 24.2 Å². The second-order valence-electron chi connectivity index (χ2n) is 5.77. The van der Waals surface area contributed by atoms with Crippen LogP contribution in [-0.2, 0) is 14.3 Å². The number of hydrogen-bond acceptors (Lipinski definition) is 5. The number of fused-ring (bicyclic) bond motifs is 1. The lowest BCUT2D eigenvalue weighted by Gasteiger charge is -2.32. The average molecular weight is 368 g/mol. The van der Waals surface area contributed by atoms with Gasteiger partial charge in [0.05, 0.1) is 5.02 Å². The molecule has 1 aromatic carbocycles. The zero-order valence-electron chi connectivity index (χ0n) is 13.4. The SMILES string of the molecule is O=C(O)CN(C(=O)/C=C/c1cc(Cl)c2c(c1)OCO2)C1CCOCC1. The Morgan fingerprint density at radius 2 is 2.04 bits per heavy atom. The Morgan fingerprint density at radius 3 is 2.76 bits per heavy atom. The summed E-state index contributed by atoms with van der Waals surface area (Å²) in [6.45, 7) is 0.818. The van der Waals surface area contributed by atoms with Gasteiger partial charge in [-0.05, 0) is 36.6 Å². The van der Waals surface area contributed by atoms with Gasteiger partial charge >= 0.3 is 5.97 Å². The van der Waals surface area contributed by atoms with Gasteiger partial charge in [-0.15, -0.1) is 0 Å². The van der Waals surface area contributed by atoms with E-state index in [0.29, 0.717) is 48.1 Å². The Balaban J connectivity index is 1.75. The smallest absolute Gasteiger partial charge is 0.323 e. The van der Waals surface area contributed by atoms with E-state index in [0.717, 1.165) is 0 Å². The molecule has 2 aliphatic rings. The first-order chi connectivity index (χ1) is 12.0. The molecule has 2 aliphatic heterocycles. The molecule has 0 radical (unpaired) electrons. The van der Waals surface area contributed by atoms with Gasteiger partial charge in [-0.25, -0.2) is 0 Å². The zero-order chi connectivity index (χ0) is 17.8. The van der Waals surface area contributed by atoms with Gasteiger partial charge in [-0.3, -0.25) is 9.59 Å². The molecule has 1 saturated heterocycles. The van der Waals surface area contributed by atoms with Gasteiger partial charge in [0.1, 0.15) is 6.54 Å². The second-order valence-corrected chi connectivity index (χ2v) is 6.18. The first-order valence-corrected chi connectivity index (χ1v) is 8.30. The van der Waals surface area contributed by atoms with Crippen LogP contribution in [0.2, 0.25) is 5.02 Å². The molecule has 0 saturated carbocycles. The normalized spacial score (nSPS) is 17.0. The van der Waals surface area contributed by atoms with E-state index in [1.54, 1.807) is 18.2 Å². The quantitative estimate of drug-likeness (QED) is 0.803. The van der Waals surface area contributed by atoms with Crippen LogP contribution >= 0.6 is 11.6 Å². The Morgan fingerprint density at radius 1 is 1.28 bits per heavy atom. The van der Waals surface area contributed by atoms with Crippen molar-refractivity contribution in [3.63, 3.8) is 0 Å². The van der Waals surface area contributed by atoms with Crippen molar-refractivity contribution in [3.05, 3.63) is 28.8 Å². The first kappa shape index (κ1) is 17.6. The number of benzene rings is 1. The molecule has 1 amide bonds. The third kappa shape index (κ3) is 4.24. The summed E-state index contributed by atoms with van der Waals surface area (Å²) in [7, 11) is 0. The Labute approximate surface area is 149 Å². The van der Waals surface area contributed by atoms with E-state index in [-0.39, 0.29) is 25.3 Å². The fourth-order valence-corrected chi connectivity index (χ4v) is 3.15. The van der Waals surface area contributed by atoms with E-state index >= 15 is 0 Å². The summed E-state index contributed by atoms with van der Waals surface area (Å²) >= 11 is 6.12. The topological polar surface area (TPSA) is 85.3 Å². The molecule has 0 atom stereocenters. The number of halogens is 1. The Hall–Kier alpha value is -2.25. The van der Waals surface area contributed by atoms with Crippen LogP contribution in [0, 0.1) is 0 Å². The molecular weight excluding hydrogens is 350 g/mol. The fraction of sp³-hybridized carbons (Fsp3) is 0.412. The molecule has 1 fully saturated rings. The molecule has 0 unspecified atom stereocenters. The van der Waals surface area contributed by atoms with Crippen molar-refractivity contribution < 1.29 is 28.9 Å². The third-order valence-electron chi connectivity index (χ3n) is 4.09. The minimum absolute atomic E-state index is 0.108. The molecule has 25 heavy (non-hydrogen) atoms. The maximum absolute atomic E-state index is 12.5. The number of carbonyl (C=O) groups excluding carboxylic acids is 1. The monoisotopic (exact) mass is 367 g/mol. The standard InChI is InChI=1S/C17H18ClNO6/c18-13-7-11(8-14-17(13)25-10-24-14)1-2-15(20)19(9-16(21)22)12-3-5-23-6-4-12/h1-2,7-8,12H,3-6,9-10H2,(H,21,22)/b2-1+. The molecule has 2 heterocycles. The number of amides is 1. The van der Waals surface area contributed by atoms with Gasteiger partial charge in [-0.1, -0.05) is 11.6 Å². The summed E-state index contributed by atoms with van der Waals surface area (Å²) in [4.78, 5) is 25.0. The van der Waals surface area contributed by atoms with Gasteiger partial charge in [0, 0.05) is 25.3 Å². The van der Waals surface area contributed by atoms with E-state index in [4.69, 9.17) is 30.9 Å². The van der Waals surface area contributed by atoms with Crippen LogP contribution in [0.3, 0.4) is 0 Å². The van der Waals surface area contributed by atoms with Crippen LogP contribution in [-0.4, -0.2) is 54.5 Å². The lowest BCUT2D eigenvalue weighted by atomic mass is 10.1. The molecule has 1 aromatic rings. The minimum Gasteiger partial charge on any atom is -0.480 e. The van der Waals surface area contributed by atoms with Gasteiger partial charge in [0.25, 0.3) is 0 Å². The molecule has 0 bridgehead atoms. The molecule has 8 heteroatoms. The molecule has 0 aliphatic carbocycles. The van der Waals surface area contributed by atoms with Gasteiger partial charge in [-0.2, -0.15) is 0 Å². The van der Waals surface area contributed by atoms with Crippen molar-refractivity contribution in [3.8, 4) is 11.5 Å².